The molecular formula is C24H30N2O4S. The molecule has 3 aliphatic rings. The number of aliphatic carboxylic acids is 1. The van der Waals surface area contributed by atoms with E-state index in [0.717, 1.165) is 59.3 Å². The molecule has 1 aliphatic carbocycles. The Labute approximate surface area is 187 Å². The van der Waals surface area contributed by atoms with Crippen LogP contribution in [-0.4, -0.2) is 45.3 Å². The van der Waals surface area contributed by atoms with Crippen LogP contribution in [0.2, 0.25) is 0 Å². The fraction of sp³-hybridized carbons (Fsp3) is 0.500. The molecule has 1 aromatic heterocycles. The van der Waals surface area contributed by atoms with Gasteiger partial charge in [-0.1, -0.05) is 25.2 Å². The molecule has 1 fully saturated rings. The minimum atomic E-state index is -0.757. The van der Waals surface area contributed by atoms with Gasteiger partial charge in [0.2, 0.25) is 5.89 Å². The van der Waals surface area contributed by atoms with Gasteiger partial charge in [-0.25, -0.2) is 4.98 Å². The Bertz CT molecular complexity index is 959. The van der Waals surface area contributed by atoms with Gasteiger partial charge < -0.3 is 14.3 Å². The lowest BCUT2D eigenvalue weighted by atomic mass is 9.92. The number of likely N-dealkylation sites (tertiary alicyclic amines) is 1. The molecule has 2 aliphatic heterocycles. The third-order valence-electron chi connectivity index (χ3n) is 6.28. The molecule has 1 unspecified atom stereocenters. The van der Waals surface area contributed by atoms with Crippen LogP contribution in [0.4, 0.5) is 0 Å². The van der Waals surface area contributed by atoms with Crippen LogP contribution in [0.3, 0.4) is 0 Å². The number of carboxylic acid groups (broad SMARTS) is 1. The van der Waals surface area contributed by atoms with E-state index < -0.39 is 11.5 Å². The maximum atomic E-state index is 12.0. The Morgan fingerprint density at radius 2 is 2.29 bits per heavy atom. The molecule has 4 rings (SSSR count). The first kappa shape index (κ1) is 22.0. The summed E-state index contributed by atoms with van der Waals surface area (Å²) in [6.07, 6.45) is 14.5. The highest BCUT2D eigenvalue weighted by atomic mass is 32.2. The second-order valence-corrected chi connectivity index (χ2v) is 9.33. The molecule has 0 amide bonds. The number of carbonyl (C=O) groups is 1. The summed E-state index contributed by atoms with van der Waals surface area (Å²) in [5, 5.41) is 9.85. The van der Waals surface area contributed by atoms with Crippen LogP contribution in [0, 0.1) is 6.92 Å². The first-order valence-corrected chi connectivity index (χ1v) is 12.0. The van der Waals surface area contributed by atoms with Crippen molar-refractivity contribution in [3.63, 3.8) is 0 Å². The Morgan fingerprint density at radius 1 is 1.42 bits per heavy atom. The lowest BCUT2D eigenvalue weighted by molar-refractivity contribution is -0.149. The molecule has 1 atom stereocenters. The van der Waals surface area contributed by atoms with Crippen molar-refractivity contribution in [1.82, 2.24) is 9.88 Å². The Kier molecular flexibility index (Phi) is 6.72. The van der Waals surface area contributed by atoms with Gasteiger partial charge in [0.05, 0.1) is 4.91 Å². The van der Waals surface area contributed by atoms with Gasteiger partial charge in [0.15, 0.2) is 0 Å². The molecule has 7 heteroatoms. The highest BCUT2D eigenvalue weighted by Crippen LogP contribution is 2.35. The minimum absolute atomic E-state index is 0.348. The van der Waals surface area contributed by atoms with Gasteiger partial charge in [-0.05, 0) is 63.3 Å². The Morgan fingerprint density at radius 3 is 3.03 bits per heavy atom. The smallest absolute Gasteiger partial charge is 0.324 e. The molecule has 0 saturated carbocycles. The van der Waals surface area contributed by atoms with E-state index in [0.29, 0.717) is 31.9 Å². The molecule has 1 saturated heterocycles. The first-order chi connectivity index (χ1) is 15.0. The van der Waals surface area contributed by atoms with Crippen LogP contribution < -0.4 is 0 Å². The second-order valence-electron chi connectivity index (χ2n) is 8.20. The predicted molar refractivity (Wildman–Crippen MR) is 122 cm³/mol. The summed E-state index contributed by atoms with van der Waals surface area (Å²) in [5.74, 6) is 2.62. The van der Waals surface area contributed by atoms with E-state index in [4.69, 9.17) is 9.15 Å². The van der Waals surface area contributed by atoms with Crippen molar-refractivity contribution in [1.29, 1.82) is 0 Å². The first-order valence-electron chi connectivity index (χ1n) is 11.0. The van der Waals surface area contributed by atoms with Crippen molar-refractivity contribution < 1.29 is 19.1 Å². The lowest BCUT2D eigenvalue weighted by Gasteiger charge is -2.34. The van der Waals surface area contributed by atoms with Crippen molar-refractivity contribution in [2.45, 2.75) is 58.1 Å². The normalized spacial score (nSPS) is 24.0. The molecule has 0 radical (unpaired) electrons. The number of aromatic nitrogens is 1. The third kappa shape index (κ3) is 4.67. The van der Waals surface area contributed by atoms with E-state index in [9.17, 15) is 9.90 Å². The van der Waals surface area contributed by atoms with Crippen molar-refractivity contribution in [2.24, 2.45) is 0 Å². The van der Waals surface area contributed by atoms with Crippen LogP contribution in [0.15, 0.2) is 46.1 Å². The summed E-state index contributed by atoms with van der Waals surface area (Å²) < 4.78 is 11.9. The van der Waals surface area contributed by atoms with Gasteiger partial charge >= 0.3 is 5.97 Å². The number of rotatable bonds is 8. The second kappa shape index (κ2) is 9.49. The van der Waals surface area contributed by atoms with Crippen LogP contribution >= 0.6 is 11.8 Å². The van der Waals surface area contributed by atoms with Gasteiger partial charge in [-0.2, -0.15) is 0 Å². The van der Waals surface area contributed by atoms with Crippen molar-refractivity contribution in [3.8, 4) is 0 Å². The largest absolute Gasteiger partial charge is 0.487 e. The van der Waals surface area contributed by atoms with Crippen LogP contribution in [-0.2, 0) is 16.1 Å². The number of oxazole rings is 1. The highest BCUT2D eigenvalue weighted by molar-refractivity contribution is 8.08. The maximum Gasteiger partial charge on any atom is 0.324 e. The van der Waals surface area contributed by atoms with E-state index in [-0.39, 0.29) is 0 Å². The van der Waals surface area contributed by atoms with E-state index in [2.05, 4.69) is 28.1 Å². The summed E-state index contributed by atoms with van der Waals surface area (Å²) in [4.78, 5) is 19.8. The van der Waals surface area contributed by atoms with E-state index in [1.54, 1.807) is 11.8 Å². The third-order valence-corrected chi connectivity index (χ3v) is 7.37. The minimum Gasteiger partial charge on any atom is -0.487 e. The lowest BCUT2D eigenvalue weighted by Crippen LogP contribution is -2.50. The summed E-state index contributed by atoms with van der Waals surface area (Å²) in [7, 11) is 0. The average molecular weight is 443 g/mol. The highest BCUT2D eigenvalue weighted by Gasteiger charge is 2.46. The zero-order valence-electron chi connectivity index (χ0n) is 18.2. The summed E-state index contributed by atoms with van der Waals surface area (Å²) in [5.41, 5.74) is 1.12. The number of hydrogen-bond donors (Lipinski definition) is 1. The molecule has 1 N–H and O–H groups in total. The molecule has 31 heavy (non-hydrogen) atoms. The predicted octanol–water partition coefficient (Wildman–Crippen LogP) is 5.08. The maximum absolute atomic E-state index is 12.0. The van der Waals surface area contributed by atoms with Crippen molar-refractivity contribution in [2.75, 3.05) is 18.8 Å². The summed E-state index contributed by atoms with van der Waals surface area (Å²) in [6.45, 7) is 5.65. The Hall–Kier alpha value is -2.25. The number of aryl methyl sites for hydroxylation is 1. The van der Waals surface area contributed by atoms with Crippen LogP contribution in [0.1, 0.15) is 56.4 Å². The van der Waals surface area contributed by atoms with Crippen molar-refractivity contribution in [3.05, 3.63) is 59.1 Å². The Balaban J connectivity index is 1.43. The SMILES string of the molecule is CCC1(C(=O)O)CCCN1CC1=CC(OCc2nc(C3=CCCS3)oc2C)=CCC=C1. The molecule has 0 aromatic carbocycles. The average Bonchev–Trinajstić information content (AvgIpc) is 3.46. The van der Waals surface area contributed by atoms with Gasteiger partial charge in [-0.3, -0.25) is 9.69 Å². The molecule has 0 bridgehead atoms. The number of thioether (sulfide) groups is 1. The number of carboxylic acids is 1. The van der Waals surface area contributed by atoms with Crippen molar-refractivity contribution >= 4 is 22.6 Å². The van der Waals surface area contributed by atoms with E-state index >= 15 is 0 Å². The van der Waals surface area contributed by atoms with Crippen LogP contribution in [0.5, 0.6) is 0 Å². The molecule has 0 spiro atoms. The van der Waals surface area contributed by atoms with E-state index in [1.165, 1.54) is 0 Å². The molecule has 166 valence electrons. The monoisotopic (exact) mass is 442 g/mol. The van der Waals surface area contributed by atoms with Gasteiger partial charge in [0.25, 0.3) is 0 Å². The van der Waals surface area contributed by atoms with Gasteiger partial charge in [0.1, 0.15) is 29.4 Å². The topological polar surface area (TPSA) is 75.8 Å². The van der Waals surface area contributed by atoms with Crippen LogP contribution in [0.25, 0.3) is 4.91 Å². The zero-order chi connectivity index (χ0) is 21.8. The molecule has 1 aromatic rings. The number of ether oxygens (including phenoxy) is 1. The molecule has 3 heterocycles. The van der Waals surface area contributed by atoms with Gasteiger partial charge in [-0.15, -0.1) is 11.8 Å². The standard InChI is InChI=1S/C24H30N2O4S/c1-3-24(23(27)28)11-7-12-26(24)15-18-8-4-5-9-19(14-18)29-16-20-17(2)30-22(25-20)21-10-6-13-31-21/h4,8-10,14H,3,5-7,11-13,15-16H2,1-2H3,(H,27,28). The number of nitrogens with zero attached hydrogens (tertiary/aromatic N) is 2. The zero-order valence-corrected chi connectivity index (χ0v) is 19.0. The molecule has 6 nitrogen and oxygen atoms in total. The molecular weight excluding hydrogens is 412 g/mol. The summed E-state index contributed by atoms with van der Waals surface area (Å²) in [6, 6.07) is 0. The fourth-order valence-corrected chi connectivity index (χ4v) is 5.36. The quantitative estimate of drug-likeness (QED) is 0.602. The number of allylic oxidation sites excluding steroid dienone is 4. The fourth-order valence-electron chi connectivity index (χ4n) is 4.46. The van der Waals surface area contributed by atoms with Gasteiger partial charge in [0, 0.05) is 12.3 Å². The number of hydrogen-bond acceptors (Lipinski definition) is 6. The summed E-state index contributed by atoms with van der Waals surface area (Å²) >= 11 is 1.77. The van der Waals surface area contributed by atoms with E-state index in [1.807, 2.05) is 26.0 Å².